The van der Waals surface area contributed by atoms with Gasteiger partial charge in [0.05, 0.1) is 23.3 Å². The van der Waals surface area contributed by atoms with Gasteiger partial charge in [-0.1, -0.05) is 11.6 Å². The van der Waals surface area contributed by atoms with Crippen molar-refractivity contribution in [3.05, 3.63) is 28.8 Å². The van der Waals surface area contributed by atoms with Crippen molar-refractivity contribution in [2.45, 2.75) is 19.2 Å². The molecule has 7 heteroatoms. The molecule has 2 N–H and O–H groups in total. The van der Waals surface area contributed by atoms with Gasteiger partial charge in [0.15, 0.2) is 0 Å². The Balaban J connectivity index is 2.65. The minimum absolute atomic E-state index is 0.0962. The number of rotatable bonds is 6. The molecule has 3 nitrogen and oxygen atoms in total. The van der Waals surface area contributed by atoms with E-state index in [1.165, 1.54) is 12.1 Å². The quantitative estimate of drug-likeness (QED) is 0.847. The van der Waals surface area contributed by atoms with Gasteiger partial charge in [0.2, 0.25) is 0 Å². The lowest BCUT2D eigenvalue weighted by Crippen LogP contribution is -2.25. The van der Waals surface area contributed by atoms with Crippen molar-refractivity contribution in [2.75, 3.05) is 25.1 Å². The van der Waals surface area contributed by atoms with Gasteiger partial charge in [0, 0.05) is 18.8 Å². The highest BCUT2D eigenvalue weighted by Crippen LogP contribution is 2.36. The number of halogens is 4. The minimum atomic E-state index is -4.50. The van der Waals surface area contributed by atoms with Gasteiger partial charge in [0.25, 0.3) is 0 Å². The Morgan fingerprint density at radius 3 is 2.68 bits per heavy atom. The molecule has 0 saturated heterocycles. The van der Waals surface area contributed by atoms with Crippen LogP contribution >= 0.6 is 11.6 Å². The Kier molecular flexibility index (Phi) is 5.90. The van der Waals surface area contributed by atoms with Crippen LogP contribution in [0.15, 0.2) is 18.2 Å². The number of ether oxygens (including phenoxy) is 1. The maximum absolute atomic E-state index is 12.6. The SMILES string of the molecule is CCOCC(O)CNc1ccc(Cl)c(C(F)(F)F)c1. The topological polar surface area (TPSA) is 41.5 Å². The van der Waals surface area contributed by atoms with Crippen molar-refractivity contribution in [1.29, 1.82) is 0 Å². The Labute approximate surface area is 114 Å². The van der Waals surface area contributed by atoms with Crippen LogP contribution in [0.1, 0.15) is 12.5 Å². The average Bonchev–Trinajstić information content (AvgIpc) is 2.34. The minimum Gasteiger partial charge on any atom is -0.389 e. The molecule has 0 aliphatic heterocycles. The van der Waals surface area contributed by atoms with Crippen molar-refractivity contribution in [3.8, 4) is 0 Å². The first-order chi connectivity index (χ1) is 8.84. The van der Waals surface area contributed by atoms with E-state index in [1.54, 1.807) is 6.92 Å². The number of nitrogens with one attached hydrogen (secondary N) is 1. The Morgan fingerprint density at radius 1 is 1.42 bits per heavy atom. The molecule has 1 aromatic rings. The molecule has 0 bridgehead atoms. The number of alkyl halides is 3. The van der Waals surface area contributed by atoms with Crippen LogP contribution in [0.25, 0.3) is 0 Å². The molecular weight excluding hydrogens is 283 g/mol. The predicted octanol–water partition coefficient (Wildman–Crippen LogP) is 3.17. The average molecular weight is 298 g/mol. The molecule has 0 spiro atoms. The lowest BCUT2D eigenvalue weighted by Gasteiger charge is -2.15. The fourth-order valence-corrected chi connectivity index (χ4v) is 1.63. The Hall–Kier alpha value is -0.980. The molecule has 0 fully saturated rings. The highest BCUT2D eigenvalue weighted by Gasteiger charge is 2.33. The van der Waals surface area contributed by atoms with E-state index < -0.39 is 17.8 Å². The van der Waals surface area contributed by atoms with E-state index >= 15 is 0 Å². The molecule has 108 valence electrons. The van der Waals surface area contributed by atoms with Gasteiger partial charge in [0.1, 0.15) is 0 Å². The normalized spacial score (nSPS) is 13.4. The summed E-state index contributed by atoms with van der Waals surface area (Å²) < 4.78 is 42.8. The standard InChI is InChI=1S/C12H15ClF3NO2/c1-2-19-7-9(18)6-17-8-3-4-11(13)10(5-8)12(14,15)16/h3-5,9,17-18H,2,6-7H2,1H3. The van der Waals surface area contributed by atoms with Crippen LogP contribution in [-0.4, -0.2) is 31.0 Å². The zero-order chi connectivity index (χ0) is 14.5. The second kappa shape index (κ2) is 6.98. The van der Waals surface area contributed by atoms with Crippen molar-refractivity contribution < 1.29 is 23.0 Å². The number of aliphatic hydroxyl groups excluding tert-OH is 1. The molecule has 0 radical (unpaired) electrons. The summed E-state index contributed by atoms with van der Waals surface area (Å²) in [6, 6.07) is 3.50. The molecule has 0 aliphatic rings. The summed E-state index contributed by atoms with van der Waals surface area (Å²) in [5, 5.41) is 11.8. The highest BCUT2D eigenvalue weighted by molar-refractivity contribution is 6.31. The van der Waals surface area contributed by atoms with Crippen molar-refractivity contribution in [3.63, 3.8) is 0 Å². The molecule has 1 aromatic carbocycles. The van der Waals surface area contributed by atoms with Gasteiger partial charge >= 0.3 is 6.18 Å². The van der Waals surface area contributed by atoms with Crippen LogP contribution in [0.2, 0.25) is 5.02 Å². The largest absolute Gasteiger partial charge is 0.417 e. The van der Waals surface area contributed by atoms with Crippen molar-refractivity contribution in [1.82, 2.24) is 0 Å². The number of anilines is 1. The van der Waals surface area contributed by atoms with E-state index in [0.29, 0.717) is 6.61 Å². The van der Waals surface area contributed by atoms with Gasteiger partial charge in [-0.2, -0.15) is 13.2 Å². The second-order valence-corrected chi connectivity index (χ2v) is 4.29. The summed E-state index contributed by atoms with van der Waals surface area (Å²) in [6.07, 6.45) is -5.29. The maximum atomic E-state index is 12.6. The molecule has 0 saturated carbocycles. The third-order valence-electron chi connectivity index (χ3n) is 2.33. The molecule has 1 unspecified atom stereocenters. The summed E-state index contributed by atoms with van der Waals surface area (Å²) in [4.78, 5) is 0. The highest BCUT2D eigenvalue weighted by atomic mass is 35.5. The summed E-state index contributed by atoms with van der Waals surface area (Å²) in [5.41, 5.74) is -0.661. The van der Waals surface area contributed by atoms with E-state index in [-0.39, 0.29) is 23.9 Å². The van der Waals surface area contributed by atoms with Gasteiger partial charge in [-0.05, 0) is 25.1 Å². The Bertz CT molecular complexity index is 412. The van der Waals surface area contributed by atoms with Crippen LogP contribution in [0.4, 0.5) is 18.9 Å². The van der Waals surface area contributed by atoms with E-state index in [1.807, 2.05) is 0 Å². The fraction of sp³-hybridized carbons (Fsp3) is 0.500. The second-order valence-electron chi connectivity index (χ2n) is 3.89. The van der Waals surface area contributed by atoms with Crippen LogP contribution < -0.4 is 5.32 Å². The summed E-state index contributed by atoms with van der Waals surface area (Å²) in [6.45, 7) is 2.48. The number of aliphatic hydroxyl groups is 1. The molecule has 1 atom stereocenters. The molecule has 19 heavy (non-hydrogen) atoms. The predicted molar refractivity (Wildman–Crippen MR) is 67.4 cm³/mol. The summed E-state index contributed by atoms with van der Waals surface area (Å²) in [5.74, 6) is 0. The number of benzene rings is 1. The third kappa shape index (κ3) is 5.26. The van der Waals surface area contributed by atoms with Crippen LogP contribution in [0.3, 0.4) is 0 Å². The van der Waals surface area contributed by atoms with Crippen LogP contribution in [0, 0.1) is 0 Å². The van der Waals surface area contributed by atoms with E-state index in [9.17, 15) is 18.3 Å². The van der Waals surface area contributed by atoms with E-state index in [4.69, 9.17) is 16.3 Å². The lowest BCUT2D eigenvalue weighted by molar-refractivity contribution is -0.137. The first-order valence-electron chi connectivity index (χ1n) is 5.71. The first kappa shape index (κ1) is 16.1. The van der Waals surface area contributed by atoms with Gasteiger partial charge in [-0.25, -0.2) is 0 Å². The van der Waals surface area contributed by atoms with Gasteiger partial charge in [-0.3, -0.25) is 0 Å². The maximum Gasteiger partial charge on any atom is 0.417 e. The summed E-state index contributed by atoms with van der Waals surface area (Å²) >= 11 is 5.49. The number of hydrogen-bond acceptors (Lipinski definition) is 3. The molecule has 0 aromatic heterocycles. The molecule has 1 rings (SSSR count). The van der Waals surface area contributed by atoms with Gasteiger partial charge in [-0.15, -0.1) is 0 Å². The Morgan fingerprint density at radius 2 is 2.11 bits per heavy atom. The van der Waals surface area contributed by atoms with E-state index in [0.717, 1.165) is 6.07 Å². The van der Waals surface area contributed by atoms with Crippen molar-refractivity contribution in [2.24, 2.45) is 0 Å². The number of hydrogen-bond donors (Lipinski definition) is 2. The summed E-state index contributed by atoms with van der Waals surface area (Å²) in [7, 11) is 0. The molecule has 0 aliphatic carbocycles. The van der Waals surface area contributed by atoms with E-state index in [2.05, 4.69) is 5.32 Å². The molecule has 0 heterocycles. The van der Waals surface area contributed by atoms with Crippen LogP contribution in [-0.2, 0) is 10.9 Å². The monoisotopic (exact) mass is 297 g/mol. The zero-order valence-electron chi connectivity index (χ0n) is 10.3. The fourth-order valence-electron chi connectivity index (χ4n) is 1.40. The molecule has 0 amide bonds. The van der Waals surface area contributed by atoms with Crippen molar-refractivity contribution >= 4 is 17.3 Å². The first-order valence-corrected chi connectivity index (χ1v) is 6.08. The lowest BCUT2D eigenvalue weighted by atomic mass is 10.2. The smallest absolute Gasteiger partial charge is 0.389 e. The van der Waals surface area contributed by atoms with Crippen LogP contribution in [0.5, 0.6) is 0 Å². The zero-order valence-corrected chi connectivity index (χ0v) is 11.1. The van der Waals surface area contributed by atoms with Gasteiger partial charge < -0.3 is 15.2 Å². The third-order valence-corrected chi connectivity index (χ3v) is 2.66. The molecular formula is C12H15ClF3NO2.